The molecule has 0 spiro atoms. The number of hydrogen-bond donors (Lipinski definition) is 2. The van der Waals surface area contributed by atoms with Crippen molar-refractivity contribution in [2.45, 2.75) is 19.8 Å². The molecule has 0 heterocycles. The molecule has 0 aliphatic rings. The fraction of sp³-hybridized carbons (Fsp3) is 0.900. The maximum absolute atomic E-state index is 11.4. The number of carbonyl (C=O) groups is 1. The lowest BCUT2D eigenvalue weighted by molar-refractivity contribution is -0.124. The summed E-state index contributed by atoms with van der Waals surface area (Å²) in [6, 6.07) is 0. The van der Waals surface area contributed by atoms with Gasteiger partial charge in [0.1, 0.15) is 0 Å². The Bertz CT molecular complexity index is 155. The second-order valence-corrected chi connectivity index (χ2v) is 3.79. The Kier molecular flexibility index (Phi) is 7.42. The first-order valence-electron chi connectivity index (χ1n) is 5.24. The maximum Gasteiger partial charge on any atom is 0.224 e. The van der Waals surface area contributed by atoms with Crippen LogP contribution in [0, 0.1) is 5.92 Å². The van der Waals surface area contributed by atoms with Gasteiger partial charge in [-0.15, -0.1) is 0 Å². The van der Waals surface area contributed by atoms with E-state index in [1.807, 2.05) is 21.0 Å². The van der Waals surface area contributed by atoms with Crippen LogP contribution in [0.3, 0.4) is 0 Å². The van der Waals surface area contributed by atoms with Gasteiger partial charge in [-0.05, 0) is 33.5 Å². The summed E-state index contributed by atoms with van der Waals surface area (Å²) in [7, 11) is 4.05. The molecule has 0 rings (SSSR count). The monoisotopic (exact) mass is 201 g/mol. The minimum atomic E-state index is -0.0191. The van der Waals surface area contributed by atoms with Crippen LogP contribution >= 0.6 is 0 Å². The third-order valence-electron chi connectivity index (χ3n) is 2.23. The van der Waals surface area contributed by atoms with E-state index >= 15 is 0 Å². The van der Waals surface area contributed by atoms with E-state index in [2.05, 4.69) is 10.2 Å². The van der Waals surface area contributed by atoms with Crippen molar-refractivity contribution in [1.29, 1.82) is 0 Å². The van der Waals surface area contributed by atoms with E-state index in [4.69, 9.17) is 5.73 Å². The number of carbonyl (C=O) groups excluding carboxylic acids is 1. The Morgan fingerprint density at radius 2 is 2.14 bits per heavy atom. The molecule has 0 saturated heterocycles. The Morgan fingerprint density at radius 3 is 2.57 bits per heavy atom. The summed E-state index contributed by atoms with van der Waals surface area (Å²) < 4.78 is 0. The molecule has 1 unspecified atom stereocenters. The van der Waals surface area contributed by atoms with Crippen LogP contribution in [0.15, 0.2) is 0 Å². The van der Waals surface area contributed by atoms with Gasteiger partial charge in [-0.2, -0.15) is 0 Å². The van der Waals surface area contributed by atoms with Gasteiger partial charge in [-0.1, -0.05) is 6.92 Å². The van der Waals surface area contributed by atoms with Crippen molar-refractivity contribution in [1.82, 2.24) is 10.2 Å². The molecule has 0 fully saturated rings. The van der Waals surface area contributed by atoms with Crippen molar-refractivity contribution in [3.05, 3.63) is 0 Å². The molecule has 0 aromatic carbocycles. The lowest BCUT2D eigenvalue weighted by Gasteiger charge is -2.13. The Balaban J connectivity index is 3.52. The zero-order valence-electron chi connectivity index (χ0n) is 9.55. The van der Waals surface area contributed by atoms with E-state index in [1.54, 1.807) is 0 Å². The van der Waals surface area contributed by atoms with Gasteiger partial charge >= 0.3 is 0 Å². The lowest BCUT2D eigenvalue weighted by Crippen LogP contribution is -2.35. The molecule has 14 heavy (non-hydrogen) atoms. The zero-order chi connectivity index (χ0) is 11.0. The van der Waals surface area contributed by atoms with E-state index in [0.29, 0.717) is 6.54 Å². The summed E-state index contributed by atoms with van der Waals surface area (Å²) in [4.78, 5) is 13.5. The first kappa shape index (κ1) is 13.4. The van der Waals surface area contributed by atoms with Crippen LogP contribution in [-0.4, -0.2) is 44.5 Å². The van der Waals surface area contributed by atoms with Crippen LogP contribution in [0.2, 0.25) is 0 Å². The zero-order valence-corrected chi connectivity index (χ0v) is 9.55. The van der Waals surface area contributed by atoms with Gasteiger partial charge in [0.25, 0.3) is 0 Å². The van der Waals surface area contributed by atoms with Crippen molar-refractivity contribution >= 4 is 5.91 Å². The van der Waals surface area contributed by atoms with Gasteiger partial charge in [0.15, 0.2) is 0 Å². The molecule has 0 aromatic rings. The van der Waals surface area contributed by atoms with Gasteiger partial charge in [0.2, 0.25) is 5.91 Å². The lowest BCUT2D eigenvalue weighted by atomic mass is 10.1. The Hall–Kier alpha value is -0.610. The highest BCUT2D eigenvalue weighted by Gasteiger charge is 2.12. The quantitative estimate of drug-likeness (QED) is 0.572. The average molecular weight is 201 g/mol. The van der Waals surface area contributed by atoms with Crippen molar-refractivity contribution in [2.75, 3.05) is 33.7 Å². The molecule has 3 N–H and O–H groups in total. The summed E-state index contributed by atoms with van der Waals surface area (Å²) in [5.41, 5.74) is 5.47. The van der Waals surface area contributed by atoms with E-state index in [-0.39, 0.29) is 11.8 Å². The number of nitrogens with zero attached hydrogens (tertiary/aromatic N) is 1. The molecule has 0 saturated carbocycles. The molecule has 0 aliphatic heterocycles. The normalized spacial score (nSPS) is 12.9. The number of nitrogens with one attached hydrogen (secondary N) is 1. The summed E-state index contributed by atoms with van der Waals surface area (Å²) in [5.74, 6) is 0.0723. The largest absolute Gasteiger partial charge is 0.356 e. The molecule has 0 radical (unpaired) electrons. The summed E-state index contributed by atoms with van der Waals surface area (Å²) >= 11 is 0. The number of rotatable bonds is 7. The van der Waals surface area contributed by atoms with Gasteiger partial charge < -0.3 is 16.0 Å². The molecule has 84 valence electrons. The molecule has 4 heteroatoms. The highest BCUT2D eigenvalue weighted by molar-refractivity contribution is 5.78. The van der Waals surface area contributed by atoms with Crippen molar-refractivity contribution in [3.8, 4) is 0 Å². The fourth-order valence-corrected chi connectivity index (χ4v) is 1.21. The van der Waals surface area contributed by atoms with E-state index < -0.39 is 0 Å². The van der Waals surface area contributed by atoms with Crippen LogP contribution in [0.1, 0.15) is 19.8 Å². The summed E-state index contributed by atoms with van der Waals surface area (Å²) in [6.45, 7) is 4.17. The van der Waals surface area contributed by atoms with Crippen LogP contribution in [-0.2, 0) is 4.79 Å². The van der Waals surface area contributed by atoms with E-state index in [0.717, 1.165) is 25.9 Å². The van der Waals surface area contributed by atoms with Gasteiger partial charge in [0, 0.05) is 19.0 Å². The first-order valence-corrected chi connectivity index (χ1v) is 5.24. The molecule has 0 aliphatic carbocycles. The summed E-state index contributed by atoms with van der Waals surface area (Å²) in [6.07, 6.45) is 1.80. The van der Waals surface area contributed by atoms with Crippen LogP contribution < -0.4 is 11.1 Å². The Labute approximate surface area is 86.8 Å². The molecular weight excluding hydrogens is 178 g/mol. The van der Waals surface area contributed by atoms with Gasteiger partial charge in [-0.25, -0.2) is 0 Å². The fourth-order valence-electron chi connectivity index (χ4n) is 1.21. The van der Waals surface area contributed by atoms with E-state index in [1.165, 1.54) is 0 Å². The smallest absolute Gasteiger partial charge is 0.224 e. The maximum atomic E-state index is 11.4. The Morgan fingerprint density at radius 1 is 1.50 bits per heavy atom. The first-order chi connectivity index (χ1) is 6.61. The number of hydrogen-bond acceptors (Lipinski definition) is 3. The summed E-state index contributed by atoms with van der Waals surface area (Å²) in [5, 5.41) is 2.89. The standard InChI is InChI=1S/C10H23N3O/c1-4-9(8-11)10(14)12-6-5-7-13(2)3/h9H,4-8,11H2,1-3H3,(H,12,14). The SMILES string of the molecule is CCC(CN)C(=O)NCCCN(C)C. The molecule has 4 nitrogen and oxygen atoms in total. The topological polar surface area (TPSA) is 58.4 Å². The number of nitrogens with two attached hydrogens (primary N) is 1. The third-order valence-corrected chi connectivity index (χ3v) is 2.23. The van der Waals surface area contributed by atoms with E-state index in [9.17, 15) is 4.79 Å². The van der Waals surface area contributed by atoms with Crippen LogP contribution in [0.5, 0.6) is 0 Å². The van der Waals surface area contributed by atoms with Crippen molar-refractivity contribution < 1.29 is 4.79 Å². The second-order valence-electron chi connectivity index (χ2n) is 3.79. The molecule has 0 aromatic heterocycles. The third kappa shape index (κ3) is 5.94. The number of amides is 1. The molecule has 1 atom stereocenters. The highest BCUT2D eigenvalue weighted by Crippen LogP contribution is 1.99. The van der Waals surface area contributed by atoms with Crippen LogP contribution in [0.4, 0.5) is 0 Å². The molecule has 1 amide bonds. The minimum absolute atomic E-state index is 0.0191. The predicted molar refractivity (Wildman–Crippen MR) is 59.0 cm³/mol. The molecule has 0 bridgehead atoms. The average Bonchev–Trinajstić information content (AvgIpc) is 2.14. The highest BCUT2D eigenvalue weighted by atomic mass is 16.1. The van der Waals surface area contributed by atoms with Gasteiger partial charge in [0.05, 0.1) is 0 Å². The molecular formula is C10H23N3O. The van der Waals surface area contributed by atoms with Crippen molar-refractivity contribution in [3.63, 3.8) is 0 Å². The van der Waals surface area contributed by atoms with Crippen LogP contribution in [0.25, 0.3) is 0 Å². The predicted octanol–water partition coefficient (Wildman–Crippen LogP) is 0.0392. The van der Waals surface area contributed by atoms with Gasteiger partial charge in [-0.3, -0.25) is 4.79 Å². The minimum Gasteiger partial charge on any atom is -0.356 e. The second kappa shape index (κ2) is 7.76. The van der Waals surface area contributed by atoms with Crippen molar-refractivity contribution in [2.24, 2.45) is 11.7 Å².